The van der Waals surface area contributed by atoms with Crippen LogP contribution in [0, 0.1) is 13.8 Å². The van der Waals surface area contributed by atoms with Gasteiger partial charge in [0, 0.05) is 5.56 Å². The topological polar surface area (TPSA) is 104 Å². The standard InChI is InChI=1S/C14H16N4O2/c1-8-3-4-10(5-9(8)2)13-11(7-19)14(16)18(17-13)6-12(15)20/h3-5,7H,6,16H2,1-2H3,(H2,15,20). The Hall–Kier alpha value is -2.63. The lowest BCUT2D eigenvalue weighted by atomic mass is 10.0. The van der Waals surface area contributed by atoms with Gasteiger partial charge in [0.15, 0.2) is 6.29 Å². The highest BCUT2D eigenvalue weighted by molar-refractivity contribution is 5.92. The highest BCUT2D eigenvalue weighted by atomic mass is 16.1. The largest absolute Gasteiger partial charge is 0.383 e. The first kappa shape index (κ1) is 13.8. The quantitative estimate of drug-likeness (QED) is 0.811. The average molecular weight is 272 g/mol. The van der Waals surface area contributed by atoms with E-state index in [1.54, 1.807) is 0 Å². The maximum absolute atomic E-state index is 11.2. The Kier molecular flexibility index (Phi) is 3.56. The molecular weight excluding hydrogens is 256 g/mol. The van der Waals surface area contributed by atoms with Crippen molar-refractivity contribution < 1.29 is 9.59 Å². The summed E-state index contributed by atoms with van der Waals surface area (Å²) >= 11 is 0. The first-order valence-electron chi connectivity index (χ1n) is 6.11. The van der Waals surface area contributed by atoms with Gasteiger partial charge < -0.3 is 11.5 Å². The third-order valence-corrected chi connectivity index (χ3v) is 3.23. The number of rotatable bonds is 4. The molecule has 0 radical (unpaired) electrons. The zero-order valence-electron chi connectivity index (χ0n) is 11.4. The number of aryl methyl sites for hydroxylation is 2. The number of hydrogen-bond donors (Lipinski definition) is 2. The number of anilines is 1. The maximum Gasteiger partial charge on any atom is 0.239 e. The molecule has 104 valence electrons. The third-order valence-electron chi connectivity index (χ3n) is 3.23. The van der Waals surface area contributed by atoms with E-state index in [4.69, 9.17) is 11.5 Å². The second kappa shape index (κ2) is 5.16. The Labute approximate surface area is 116 Å². The van der Waals surface area contributed by atoms with Gasteiger partial charge in [-0.1, -0.05) is 12.1 Å². The van der Waals surface area contributed by atoms with E-state index in [0.717, 1.165) is 16.7 Å². The van der Waals surface area contributed by atoms with Crippen LogP contribution in [-0.2, 0) is 11.3 Å². The minimum atomic E-state index is -0.566. The summed E-state index contributed by atoms with van der Waals surface area (Å²) in [5.74, 6) is -0.421. The van der Waals surface area contributed by atoms with E-state index < -0.39 is 5.91 Å². The summed E-state index contributed by atoms with van der Waals surface area (Å²) in [6.45, 7) is 3.82. The van der Waals surface area contributed by atoms with Crippen molar-refractivity contribution in [3.8, 4) is 11.3 Å². The van der Waals surface area contributed by atoms with Crippen LogP contribution in [0.15, 0.2) is 18.2 Å². The summed E-state index contributed by atoms with van der Waals surface area (Å²) in [4.78, 5) is 22.2. The van der Waals surface area contributed by atoms with Crippen molar-refractivity contribution >= 4 is 18.0 Å². The highest BCUT2D eigenvalue weighted by Gasteiger charge is 2.17. The van der Waals surface area contributed by atoms with Crippen LogP contribution >= 0.6 is 0 Å². The lowest BCUT2D eigenvalue weighted by molar-refractivity contribution is -0.118. The molecule has 2 aromatic rings. The lowest BCUT2D eigenvalue weighted by Crippen LogP contribution is -2.20. The normalized spacial score (nSPS) is 10.5. The fourth-order valence-electron chi connectivity index (χ4n) is 1.98. The van der Waals surface area contributed by atoms with Crippen molar-refractivity contribution in [3.05, 3.63) is 34.9 Å². The molecule has 0 atom stereocenters. The fraction of sp³-hybridized carbons (Fsp3) is 0.214. The number of nitrogens with two attached hydrogens (primary N) is 2. The molecule has 1 heterocycles. The minimum absolute atomic E-state index is 0.145. The van der Waals surface area contributed by atoms with E-state index in [-0.39, 0.29) is 17.9 Å². The average Bonchev–Trinajstić information content (AvgIpc) is 2.69. The summed E-state index contributed by atoms with van der Waals surface area (Å²) in [7, 11) is 0. The number of nitrogens with zero attached hydrogens (tertiary/aromatic N) is 2. The Morgan fingerprint density at radius 3 is 2.60 bits per heavy atom. The molecule has 0 saturated carbocycles. The van der Waals surface area contributed by atoms with E-state index in [2.05, 4.69) is 5.10 Å². The van der Waals surface area contributed by atoms with Crippen molar-refractivity contribution in [1.82, 2.24) is 9.78 Å². The van der Waals surface area contributed by atoms with Crippen molar-refractivity contribution in [3.63, 3.8) is 0 Å². The summed E-state index contributed by atoms with van der Waals surface area (Å²) in [5, 5.41) is 4.22. The van der Waals surface area contributed by atoms with Crippen LogP contribution in [0.4, 0.5) is 5.82 Å². The Morgan fingerprint density at radius 2 is 2.05 bits per heavy atom. The number of carbonyl (C=O) groups excluding carboxylic acids is 2. The Morgan fingerprint density at radius 1 is 1.35 bits per heavy atom. The molecule has 0 bridgehead atoms. The van der Waals surface area contributed by atoms with Crippen molar-refractivity contribution in [2.75, 3.05) is 5.73 Å². The summed E-state index contributed by atoms with van der Waals surface area (Å²) in [6.07, 6.45) is 0.643. The second-order valence-corrected chi connectivity index (χ2v) is 4.69. The van der Waals surface area contributed by atoms with Crippen LogP contribution in [0.5, 0.6) is 0 Å². The molecule has 6 nitrogen and oxygen atoms in total. The molecule has 0 aliphatic heterocycles. The Balaban J connectivity index is 2.58. The zero-order chi connectivity index (χ0) is 14.9. The summed E-state index contributed by atoms with van der Waals surface area (Å²) in [5.41, 5.74) is 14.7. The number of amides is 1. The van der Waals surface area contributed by atoms with Crippen molar-refractivity contribution in [2.24, 2.45) is 5.73 Å². The molecule has 1 amide bonds. The molecule has 2 rings (SSSR count). The number of hydrogen-bond acceptors (Lipinski definition) is 4. The van der Waals surface area contributed by atoms with Gasteiger partial charge in [-0.25, -0.2) is 4.68 Å². The third kappa shape index (κ3) is 2.40. The predicted molar refractivity (Wildman–Crippen MR) is 76.1 cm³/mol. The first-order chi connectivity index (χ1) is 9.43. The molecular formula is C14H16N4O2. The van der Waals surface area contributed by atoms with Gasteiger partial charge in [0.2, 0.25) is 5.91 Å². The molecule has 4 N–H and O–H groups in total. The van der Waals surface area contributed by atoms with E-state index in [1.165, 1.54) is 4.68 Å². The molecule has 20 heavy (non-hydrogen) atoms. The number of primary amides is 1. The zero-order valence-corrected chi connectivity index (χ0v) is 11.4. The number of nitrogen functional groups attached to an aromatic ring is 1. The van der Waals surface area contributed by atoms with Gasteiger partial charge in [0.1, 0.15) is 18.1 Å². The SMILES string of the molecule is Cc1ccc(-c2nn(CC(N)=O)c(N)c2C=O)cc1C. The van der Waals surface area contributed by atoms with Crippen LogP contribution in [0.25, 0.3) is 11.3 Å². The van der Waals surface area contributed by atoms with E-state index in [0.29, 0.717) is 12.0 Å². The smallest absolute Gasteiger partial charge is 0.239 e. The molecule has 1 aromatic carbocycles. The van der Waals surface area contributed by atoms with Gasteiger partial charge in [0.25, 0.3) is 0 Å². The predicted octanol–water partition coefficient (Wildman–Crippen LogP) is 1.05. The molecule has 0 aliphatic rings. The summed E-state index contributed by atoms with van der Waals surface area (Å²) < 4.78 is 1.25. The first-order valence-corrected chi connectivity index (χ1v) is 6.11. The van der Waals surface area contributed by atoms with Gasteiger partial charge >= 0.3 is 0 Å². The monoisotopic (exact) mass is 272 g/mol. The van der Waals surface area contributed by atoms with Crippen LogP contribution in [-0.4, -0.2) is 22.0 Å². The van der Waals surface area contributed by atoms with Gasteiger partial charge in [-0.15, -0.1) is 0 Å². The molecule has 0 spiro atoms. The number of aromatic nitrogens is 2. The van der Waals surface area contributed by atoms with Gasteiger partial charge in [-0.05, 0) is 31.0 Å². The van der Waals surface area contributed by atoms with Crippen LogP contribution < -0.4 is 11.5 Å². The Bertz CT molecular complexity index is 689. The molecule has 0 saturated heterocycles. The molecule has 0 aliphatic carbocycles. The van der Waals surface area contributed by atoms with Crippen LogP contribution in [0.1, 0.15) is 21.5 Å². The van der Waals surface area contributed by atoms with Gasteiger partial charge in [-0.2, -0.15) is 5.10 Å². The van der Waals surface area contributed by atoms with E-state index in [9.17, 15) is 9.59 Å². The molecule has 6 heteroatoms. The van der Waals surface area contributed by atoms with Crippen LogP contribution in [0.3, 0.4) is 0 Å². The maximum atomic E-state index is 11.2. The number of benzene rings is 1. The van der Waals surface area contributed by atoms with Crippen LogP contribution in [0.2, 0.25) is 0 Å². The summed E-state index contributed by atoms with van der Waals surface area (Å²) in [6, 6.07) is 5.74. The van der Waals surface area contributed by atoms with E-state index >= 15 is 0 Å². The molecule has 0 unspecified atom stereocenters. The highest BCUT2D eigenvalue weighted by Crippen LogP contribution is 2.27. The molecule has 1 aromatic heterocycles. The lowest BCUT2D eigenvalue weighted by Gasteiger charge is -2.03. The number of aldehydes is 1. The fourth-order valence-corrected chi connectivity index (χ4v) is 1.98. The van der Waals surface area contributed by atoms with Gasteiger partial charge in [-0.3, -0.25) is 9.59 Å². The van der Waals surface area contributed by atoms with Crippen molar-refractivity contribution in [2.45, 2.75) is 20.4 Å². The second-order valence-electron chi connectivity index (χ2n) is 4.69. The van der Waals surface area contributed by atoms with Gasteiger partial charge in [0.05, 0.1) is 5.56 Å². The minimum Gasteiger partial charge on any atom is -0.383 e. The number of carbonyl (C=O) groups is 2. The van der Waals surface area contributed by atoms with E-state index in [1.807, 2.05) is 32.0 Å². The molecule has 0 fully saturated rings. The van der Waals surface area contributed by atoms with Crippen molar-refractivity contribution in [1.29, 1.82) is 0 Å².